The van der Waals surface area contributed by atoms with Crippen molar-refractivity contribution in [1.29, 1.82) is 0 Å². The minimum Gasteiger partial charge on any atom is -0.481 e. The van der Waals surface area contributed by atoms with E-state index in [1.54, 1.807) is 0 Å². The van der Waals surface area contributed by atoms with Gasteiger partial charge in [-0.3, -0.25) is 9.46 Å². The van der Waals surface area contributed by atoms with Crippen LogP contribution in [0.4, 0.5) is 0 Å². The van der Waals surface area contributed by atoms with Gasteiger partial charge in [0.15, 0.2) is 5.79 Å². The fourth-order valence-corrected chi connectivity index (χ4v) is 4.07. The Labute approximate surface area is 105 Å². The fourth-order valence-electron chi connectivity index (χ4n) is 3.00. The van der Waals surface area contributed by atoms with Gasteiger partial charge in [-0.2, -0.15) is 0 Å². The summed E-state index contributed by atoms with van der Waals surface area (Å²) in [5, 5.41) is 8.97. The quantitative estimate of drug-likeness (QED) is 0.471. The highest BCUT2D eigenvalue weighted by Gasteiger charge is 2.61. The molecule has 0 amide bonds. The molecule has 2 unspecified atom stereocenters. The molecular weight excluding hydrogens is 239 g/mol. The van der Waals surface area contributed by atoms with Crippen LogP contribution in [0.1, 0.15) is 6.42 Å². The Kier molecular flexibility index (Phi) is 3.56. The highest BCUT2D eigenvalue weighted by Crippen LogP contribution is 2.46. The molecule has 0 aromatic heterocycles. The summed E-state index contributed by atoms with van der Waals surface area (Å²) in [4.78, 5) is 11.4. The molecule has 1 N–H and O–H groups in total. The Morgan fingerprint density at radius 1 is 1.47 bits per heavy atom. The number of carboxylic acid groups (broad SMARTS) is 1. The summed E-state index contributed by atoms with van der Waals surface area (Å²) >= 11 is 0. The van der Waals surface area contributed by atoms with E-state index in [1.165, 1.54) is 0 Å². The molecule has 0 bridgehead atoms. The molecular formula is C9H18B2NO4P. The van der Waals surface area contributed by atoms with Crippen LogP contribution in [0.15, 0.2) is 0 Å². The standard InChI is InChI=1S/C9H18B2NO4P/c1-17-12-3-2-6(7(13)14)8(9(12,10)11)15-4-5-16-8/h6,17H,2-5,10-11H2,1H3,(H,13,14). The average molecular weight is 257 g/mol. The van der Waals surface area contributed by atoms with Gasteiger partial charge in [-0.15, -0.1) is 0 Å². The molecule has 2 heterocycles. The third-order valence-electron chi connectivity index (χ3n) is 3.91. The van der Waals surface area contributed by atoms with Crippen LogP contribution < -0.4 is 0 Å². The van der Waals surface area contributed by atoms with Gasteiger partial charge in [0.1, 0.15) is 21.6 Å². The molecule has 94 valence electrons. The van der Waals surface area contributed by atoms with E-state index in [0.717, 1.165) is 6.54 Å². The van der Waals surface area contributed by atoms with Crippen molar-refractivity contribution in [2.45, 2.75) is 17.5 Å². The van der Waals surface area contributed by atoms with Crippen LogP contribution in [0.2, 0.25) is 0 Å². The van der Waals surface area contributed by atoms with Gasteiger partial charge in [-0.25, -0.2) is 0 Å². The largest absolute Gasteiger partial charge is 0.481 e. The van der Waals surface area contributed by atoms with Crippen molar-refractivity contribution in [3.8, 4) is 0 Å². The van der Waals surface area contributed by atoms with Crippen molar-refractivity contribution in [1.82, 2.24) is 4.67 Å². The molecule has 0 aromatic rings. The van der Waals surface area contributed by atoms with Crippen molar-refractivity contribution in [2.75, 3.05) is 26.4 Å². The van der Waals surface area contributed by atoms with Gasteiger partial charge in [0.05, 0.1) is 13.2 Å². The molecule has 1 spiro atoms. The number of rotatable bonds is 2. The van der Waals surface area contributed by atoms with Crippen molar-refractivity contribution in [3.05, 3.63) is 0 Å². The van der Waals surface area contributed by atoms with E-state index in [0.29, 0.717) is 28.4 Å². The molecule has 17 heavy (non-hydrogen) atoms. The van der Waals surface area contributed by atoms with Gasteiger partial charge in [0.2, 0.25) is 0 Å². The molecule has 0 aromatic carbocycles. The second-order valence-electron chi connectivity index (χ2n) is 4.98. The summed E-state index contributed by atoms with van der Waals surface area (Å²) in [6, 6.07) is 0. The van der Waals surface area contributed by atoms with Gasteiger partial charge in [0, 0.05) is 11.9 Å². The first-order chi connectivity index (χ1) is 7.95. The third-order valence-corrected chi connectivity index (χ3v) is 5.23. The van der Waals surface area contributed by atoms with Crippen LogP contribution in [0, 0.1) is 5.92 Å². The molecule has 2 aliphatic rings. The van der Waals surface area contributed by atoms with E-state index >= 15 is 0 Å². The number of ether oxygens (including phenoxy) is 2. The van der Waals surface area contributed by atoms with Crippen LogP contribution in [0.25, 0.3) is 0 Å². The number of aliphatic carboxylic acids is 1. The van der Waals surface area contributed by atoms with Crippen LogP contribution in [0.5, 0.6) is 0 Å². The smallest absolute Gasteiger partial charge is 0.312 e. The number of carbonyl (C=O) groups is 1. The highest BCUT2D eigenvalue weighted by molar-refractivity contribution is 7.34. The number of piperidine rings is 1. The number of hydrogen-bond acceptors (Lipinski definition) is 4. The van der Waals surface area contributed by atoms with Crippen molar-refractivity contribution in [2.24, 2.45) is 5.92 Å². The fraction of sp³-hybridized carbons (Fsp3) is 0.889. The predicted molar refractivity (Wildman–Crippen MR) is 71.1 cm³/mol. The van der Waals surface area contributed by atoms with Crippen LogP contribution >= 0.6 is 8.73 Å². The van der Waals surface area contributed by atoms with E-state index in [9.17, 15) is 9.90 Å². The molecule has 2 aliphatic heterocycles. The predicted octanol–water partition coefficient (Wildman–Crippen LogP) is -1.72. The molecule has 2 saturated heterocycles. The first-order valence-electron chi connectivity index (χ1n) is 5.91. The Hall–Kier alpha value is -0.0901. The Balaban J connectivity index is 2.39. The lowest BCUT2D eigenvalue weighted by molar-refractivity contribution is -0.239. The maximum atomic E-state index is 11.4. The summed E-state index contributed by atoms with van der Waals surface area (Å²) < 4.78 is 13.8. The lowest BCUT2D eigenvalue weighted by Crippen LogP contribution is -2.71. The van der Waals surface area contributed by atoms with Crippen LogP contribution in [-0.2, 0) is 14.3 Å². The summed E-state index contributed by atoms with van der Waals surface area (Å²) in [6.07, 6.45) is 0.583. The Morgan fingerprint density at radius 2 is 2.06 bits per heavy atom. The topological polar surface area (TPSA) is 59.0 Å². The van der Waals surface area contributed by atoms with Crippen LogP contribution in [-0.4, -0.2) is 69.0 Å². The highest BCUT2D eigenvalue weighted by atomic mass is 31.1. The number of nitrogens with zero attached hydrogens (tertiary/aromatic N) is 1. The summed E-state index contributed by atoms with van der Waals surface area (Å²) in [7, 11) is 4.66. The summed E-state index contributed by atoms with van der Waals surface area (Å²) in [5.74, 6) is -2.38. The van der Waals surface area contributed by atoms with E-state index in [-0.39, 0.29) is 0 Å². The molecule has 8 heteroatoms. The first kappa shape index (κ1) is 13.3. The van der Waals surface area contributed by atoms with Crippen molar-refractivity contribution in [3.63, 3.8) is 0 Å². The third kappa shape index (κ3) is 1.84. The van der Waals surface area contributed by atoms with E-state index < -0.39 is 23.0 Å². The number of hydrogen-bond donors (Lipinski definition) is 1. The SMILES string of the molecule is BC1(B)N(PC)CCC(C(=O)O)C12OCCO2. The van der Waals surface area contributed by atoms with Gasteiger partial charge in [-0.05, 0) is 13.1 Å². The molecule has 0 aliphatic carbocycles. The zero-order chi connectivity index (χ0) is 12.7. The molecule has 0 radical (unpaired) electrons. The van der Waals surface area contributed by atoms with Gasteiger partial charge in [0.25, 0.3) is 0 Å². The minimum atomic E-state index is -0.986. The average Bonchev–Trinajstić information content (AvgIpc) is 2.72. The molecule has 2 fully saturated rings. The second-order valence-corrected chi connectivity index (χ2v) is 5.97. The molecule has 2 rings (SSSR count). The number of carboxylic acids is 1. The maximum absolute atomic E-state index is 11.4. The van der Waals surface area contributed by atoms with Gasteiger partial charge < -0.3 is 14.6 Å². The van der Waals surface area contributed by atoms with Gasteiger partial charge >= 0.3 is 5.97 Å². The molecule has 0 saturated carbocycles. The van der Waals surface area contributed by atoms with Gasteiger partial charge in [-0.1, -0.05) is 8.73 Å². The van der Waals surface area contributed by atoms with Crippen molar-refractivity contribution >= 4 is 30.4 Å². The lowest BCUT2D eigenvalue weighted by Gasteiger charge is -2.55. The minimum absolute atomic E-state index is 0.405. The van der Waals surface area contributed by atoms with E-state index in [1.807, 2.05) is 15.7 Å². The summed E-state index contributed by atoms with van der Waals surface area (Å²) in [5.41, 5.74) is 0. The zero-order valence-electron chi connectivity index (χ0n) is 10.5. The molecule has 5 nitrogen and oxygen atoms in total. The summed E-state index contributed by atoms with van der Waals surface area (Å²) in [6.45, 7) is 3.85. The zero-order valence-corrected chi connectivity index (χ0v) is 11.5. The van der Waals surface area contributed by atoms with E-state index in [4.69, 9.17) is 9.47 Å². The van der Waals surface area contributed by atoms with Crippen molar-refractivity contribution < 1.29 is 19.4 Å². The monoisotopic (exact) mass is 257 g/mol. The lowest BCUT2D eigenvalue weighted by atomic mass is 9.52. The first-order valence-corrected chi connectivity index (χ1v) is 7.36. The second kappa shape index (κ2) is 4.54. The Morgan fingerprint density at radius 3 is 2.53 bits per heavy atom. The van der Waals surface area contributed by atoms with E-state index in [2.05, 4.69) is 11.3 Å². The van der Waals surface area contributed by atoms with Crippen LogP contribution in [0.3, 0.4) is 0 Å². The molecule has 2 atom stereocenters. The maximum Gasteiger partial charge on any atom is 0.312 e. The normalized spacial score (nSPS) is 32.4. The Bertz CT molecular complexity index is 322.